The molecule has 0 bridgehead atoms. The van der Waals surface area contributed by atoms with Crippen LogP contribution < -0.4 is 4.74 Å². The van der Waals surface area contributed by atoms with Crippen molar-refractivity contribution >= 4 is 33.4 Å². The van der Waals surface area contributed by atoms with Gasteiger partial charge >= 0.3 is 0 Å². The summed E-state index contributed by atoms with van der Waals surface area (Å²) < 4.78 is 22.0. The smallest absolute Gasteiger partial charge is 0.274 e. The lowest BCUT2D eigenvalue weighted by atomic mass is 10.2. The number of carbonyl (C=O) groups is 1. The number of nitrogens with zero attached hydrogens (tertiary/aromatic N) is 4. The molecule has 0 atom stereocenters. The van der Waals surface area contributed by atoms with Crippen LogP contribution in [0.1, 0.15) is 16.1 Å². The Morgan fingerprint density at radius 2 is 1.90 bits per heavy atom. The molecule has 4 rings (SSSR count). The van der Waals surface area contributed by atoms with Gasteiger partial charge in [0.2, 0.25) is 0 Å². The molecule has 9 heteroatoms. The first-order chi connectivity index (χ1) is 15.0. The lowest BCUT2D eigenvalue weighted by Crippen LogP contribution is -2.48. The average molecular weight is 508 g/mol. The first kappa shape index (κ1) is 21.8. The summed E-state index contributed by atoms with van der Waals surface area (Å²) in [5, 5.41) is 4.82. The van der Waals surface area contributed by atoms with Gasteiger partial charge in [-0.05, 0) is 30.3 Å². The third kappa shape index (κ3) is 5.44. The van der Waals surface area contributed by atoms with Crippen LogP contribution in [0.4, 0.5) is 4.39 Å². The second-order valence-corrected chi connectivity index (χ2v) is 8.57. The monoisotopic (exact) mass is 506 g/mol. The molecule has 0 N–H and O–H groups in total. The van der Waals surface area contributed by atoms with E-state index in [9.17, 15) is 9.18 Å². The number of benzene rings is 2. The van der Waals surface area contributed by atoms with E-state index in [2.05, 4.69) is 25.9 Å². The van der Waals surface area contributed by atoms with E-state index >= 15 is 0 Å². The van der Waals surface area contributed by atoms with Crippen molar-refractivity contribution in [1.82, 2.24) is 19.6 Å². The van der Waals surface area contributed by atoms with E-state index in [1.807, 2.05) is 12.1 Å². The van der Waals surface area contributed by atoms with E-state index in [0.29, 0.717) is 54.8 Å². The Bertz CT molecular complexity index is 1070. The van der Waals surface area contributed by atoms with Crippen LogP contribution in [0.5, 0.6) is 5.75 Å². The molecule has 6 nitrogen and oxygen atoms in total. The van der Waals surface area contributed by atoms with E-state index in [-0.39, 0.29) is 18.5 Å². The quantitative estimate of drug-likeness (QED) is 0.495. The molecule has 1 aromatic heterocycles. The molecule has 1 fully saturated rings. The zero-order valence-corrected chi connectivity index (χ0v) is 19.0. The van der Waals surface area contributed by atoms with Crippen LogP contribution in [0.15, 0.2) is 59.2 Å². The zero-order valence-electron chi connectivity index (χ0n) is 16.7. The molecule has 2 heterocycles. The lowest BCUT2D eigenvalue weighted by molar-refractivity contribution is 0.0619. The first-order valence-electron chi connectivity index (χ1n) is 9.86. The summed E-state index contributed by atoms with van der Waals surface area (Å²) in [5.74, 6) is 0.225. The van der Waals surface area contributed by atoms with Gasteiger partial charge in [-0.1, -0.05) is 45.7 Å². The summed E-state index contributed by atoms with van der Waals surface area (Å²) in [6.07, 6.45) is 1.70. The van der Waals surface area contributed by atoms with E-state index in [1.165, 1.54) is 6.07 Å². The van der Waals surface area contributed by atoms with Crippen LogP contribution in [0.25, 0.3) is 0 Å². The van der Waals surface area contributed by atoms with Crippen LogP contribution in [0.2, 0.25) is 5.02 Å². The number of rotatable bonds is 6. The van der Waals surface area contributed by atoms with Crippen LogP contribution in [0, 0.1) is 5.82 Å². The largest absolute Gasteiger partial charge is 0.470 e. The Labute approximate surface area is 193 Å². The van der Waals surface area contributed by atoms with E-state index in [4.69, 9.17) is 16.3 Å². The van der Waals surface area contributed by atoms with Gasteiger partial charge < -0.3 is 9.64 Å². The third-order valence-corrected chi connectivity index (χ3v) is 5.91. The number of hydrogen-bond acceptors (Lipinski definition) is 4. The Hall–Kier alpha value is -2.42. The van der Waals surface area contributed by atoms with Gasteiger partial charge in [0.1, 0.15) is 11.6 Å². The average Bonchev–Trinajstić information content (AvgIpc) is 3.24. The lowest BCUT2D eigenvalue weighted by Gasteiger charge is -2.34. The number of aromatic nitrogens is 2. The molecule has 1 aliphatic rings. The topological polar surface area (TPSA) is 50.6 Å². The van der Waals surface area contributed by atoms with Crippen molar-refractivity contribution in [2.24, 2.45) is 0 Å². The Balaban J connectivity index is 1.29. The standard InChI is InChI=1S/C22H21BrClFN4O2/c23-17-5-6-21(18(24)13-17)31-15-29-8-7-20(26-29)22(30)28-11-9-27(10-12-28)14-16-3-1-2-4-19(16)25/h1-8,13H,9-12,14-15H2. The fourth-order valence-electron chi connectivity index (χ4n) is 3.41. The number of hydrogen-bond donors (Lipinski definition) is 0. The molecule has 31 heavy (non-hydrogen) atoms. The molecule has 0 aliphatic carbocycles. The summed E-state index contributed by atoms with van der Waals surface area (Å²) in [6, 6.07) is 13.8. The van der Waals surface area contributed by atoms with Crippen molar-refractivity contribution in [2.75, 3.05) is 26.2 Å². The predicted octanol–water partition coefficient (Wildman–Crippen LogP) is 4.43. The predicted molar refractivity (Wildman–Crippen MR) is 120 cm³/mol. The van der Waals surface area contributed by atoms with Crippen LogP contribution in [-0.2, 0) is 13.3 Å². The molecule has 162 valence electrons. The maximum Gasteiger partial charge on any atom is 0.274 e. The second-order valence-electron chi connectivity index (χ2n) is 7.25. The molecule has 0 radical (unpaired) electrons. The van der Waals surface area contributed by atoms with Crippen molar-refractivity contribution in [1.29, 1.82) is 0 Å². The Morgan fingerprint density at radius 3 is 2.65 bits per heavy atom. The molecule has 0 saturated carbocycles. The van der Waals surface area contributed by atoms with Gasteiger partial charge in [-0.2, -0.15) is 5.10 Å². The van der Waals surface area contributed by atoms with E-state index in [0.717, 1.165) is 4.47 Å². The molecule has 0 unspecified atom stereocenters. The maximum absolute atomic E-state index is 13.9. The highest BCUT2D eigenvalue weighted by molar-refractivity contribution is 9.10. The molecular formula is C22H21BrClFN4O2. The molecule has 3 aromatic rings. The summed E-state index contributed by atoms with van der Waals surface area (Å²) in [7, 11) is 0. The highest BCUT2D eigenvalue weighted by atomic mass is 79.9. The fourth-order valence-corrected chi connectivity index (χ4v) is 4.14. The van der Waals surface area contributed by atoms with Gasteiger partial charge in [0.05, 0.1) is 5.02 Å². The molecule has 1 aliphatic heterocycles. The van der Waals surface area contributed by atoms with Gasteiger partial charge in [-0.3, -0.25) is 9.69 Å². The highest BCUT2D eigenvalue weighted by Crippen LogP contribution is 2.27. The number of piperazine rings is 1. The number of amides is 1. The van der Waals surface area contributed by atoms with Crippen LogP contribution in [-0.4, -0.2) is 51.7 Å². The van der Waals surface area contributed by atoms with Gasteiger partial charge in [-0.25, -0.2) is 9.07 Å². The van der Waals surface area contributed by atoms with Crippen molar-refractivity contribution in [3.63, 3.8) is 0 Å². The summed E-state index contributed by atoms with van der Waals surface area (Å²) in [4.78, 5) is 16.7. The minimum Gasteiger partial charge on any atom is -0.470 e. The summed E-state index contributed by atoms with van der Waals surface area (Å²) in [5.41, 5.74) is 1.04. The van der Waals surface area contributed by atoms with Crippen LogP contribution >= 0.6 is 27.5 Å². The molecule has 2 aromatic carbocycles. The van der Waals surface area contributed by atoms with E-state index < -0.39 is 0 Å². The maximum atomic E-state index is 13.9. The second kappa shape index (κ2) is 9.80. The minimum atomic E-state index is -0.196. The minimum absolute atomic E-state index is 0.119. The molecular weight excluding hydrogens is 487 g/mol. The molecule has 1 amide bonds. The van der Waals surface area contributed by atoms with Gasteiger partial charge in [0.25, 0.3) is 5.91 Å². The number of halogens is 3. The Morgan fingerprint density at radius 1 is 1.13 bits per heavy atom. The Kier molecular flexibility index (Phi) is 6.89. The van der Waals surface area contributed by atoms with Gasteiger partial charge in [0.15, 0.2) is 12.4 Å². The van der Waals surface area contributed by atoms with Crippen LogP contribution in [0.3, 0.4) is 0 Å². The van der Waals surface area contributed by atoms with Crippen molar-refractivity contribution < 1.29 is 13.9 Å². The normalized spacial score (nSPS) is 14.6. The molecule has 1 saturated heterocycles. The number of carbonyl (C=O) groups excluding carboxylic acids is 1. The summed E-state index contributed by atoms with van der Waals surface area (Å²) in [6.45, 7) is 3.21. The van der Waals surface area contributed by atoms with Gasteiger partial charge in [0, 0.05) is 49.0 Å². The molecule has 0 spiro atoms. The SMILES string of the molecule is O=C(c1ccn(COc2ccc(Br)cc2Cl)n1)N1CCN(Cc2ccccc2F)CC1. The highest BCUT2D eigenvalue weighted by Gasteiger charge is 2.24. The van der Waals surface area contributed by atoms with Gasteiger partial charge in [-0.15, -0.1) is 0 Å². The first-order valence-corrected chi connectivity index (χ1v) is 11.0. The van der Waals surface area contributed by atoms with Crippen molar-refractivity contribution in [2.45, 2.75) is 13.3 Å². The summed E-state index contributed by atoms with van der Waals surface area (Å²) >= 11 is 9.51. The van der Waals surface area contributed by atoms with Crippen molar-refractivity contribution in [3.8, 4) is 5.75 Å². The third-order valence-electron chi connectivity index (χ3n) is 5.12. The van der Waals surface area contributed by atoms with E-state index in [1.54, 1.807) is 46.1 Å². The fraction of sp³-hybridized carbons (Fsp3) is 0.273. The number of ether oxygens (including phenoxy) is 1. The van der Waals surface area contributed by atoms with Crippen molar-refractivity contribution in [3.05, 3.63) is 81.3 Å². The zero-order chi connectivity index (χ0) is 21.8.